The minimum Gasteiger partial charge on any atom is -0.399 e. The molecular formula is C16H22N4. The van der Waals surface area contributed by atoms with Gasteiger partial charge in [-0.25, -0.2) is 9.97 Å². The molecule has 3 rings (SSSR count). The Morgan fingerprint density at radius 3 is 2.80 bits per heavy atom. The van der Waals surface area contributed by atoms with Gasteiger partial charge >= 0.3 is 0 Å². The summed E-state index contributed by atoms with van der Waals surface area (Å²) in [5.41, 5.74) is 8.01. The van der Waals surface area contributed by atoms with Gasteiger partial charge in [0.05, 0.1) is 5.52 Å². The van der Waals surface area contributed by atoms with Crippen molar-refractivity contribution in [3.8, 4) is 0 Å². The molecule has 1 saturated carbocycles. The maximum Gasteiger partial charge on any atom is 0.137 e. The summed E-state index contributed by atoms with van der Waals surface area (Å²) in [7, 11) is 0. The largest absolute Gasteiger partial charge is 0.399 e. The van der Waals surface area contributed by atoms with Gasteiger partial charge in [-0.05, 0) is 42.9 Å². The normalized spacial score (nSPS) is 17.4. The Labute approximate surface area is 119 Å². The summed E-state index contributed by atoms with van der Waals surface area (Å²) < 4.78 is 0. The molecule has 3 N–H and O–H groups in total. The van der Waals surface area contributed by atoms with E-state index in [0.29, 0.717) is 5.41 Å². The number of anilines is 2. The molecule has 0 spiro atoms. The second-order valence-corrected chi connectivity index (χ2v) is 5.91. The maximum atomic E-state index is 5.88. The van der Waals surface area contributed by atoms with Gasteiger partial charge < -0.3 is 11.1 Å². The molecule has 0 atom stereocenters. The van der Waals surface area contributed by atoms with Crippen LogP contribution < -0.4 is 11.1 Å². The number of benzene rings is 1. The van der Waals surface area contributed by atoms with Crippen molar-refractivity contribution in [2.75, 3.05) is 17.6 Å². The summed E-state index contributed by atoms with van der Waals surface area (Å²) in [6, 6.07) is 5.78. The van der Waals surface area contributed by atoms with Crippen LogP contribution in [0.3, 0.4) is 0 Å². The Morgan fingerprint density at radius 2 is 2.05 bits per heavy atom. The quantitative estimate of drug-likeness (QED) is 0.833. The molecule has 1 fully saturated rings. The molecule has 0 bridgehead atoms. The SMILES string of the molecule is CCC1(CNc2ncnc3ccc(N)cc23)CCCC1. The fourth-order valence-electron chi connectivity index (χ4n) is 3.27. The summed E-state index contributed by atoms with van der Waals surface area (Å²) in [6.45, 7) is 3.29. The second kappa shape index (κ2) is 5.27. The first-order valence-electron chi connectivity index (χ1n) is 7.47. The lowest BCUT2D eigenvalue weighted by Crippen LogP contribution is -2.26. The lowest BCUT2D eigenvalue weighted by atomic mass is 9.83. The average molecular weight is 270 g/mol. The molecule has 20 heavy (non-hydrogen) atoms. The summed E-state index contributed by atoms with van der Waals surface area (Å²) in [6.07, 6.45) is 8.20. The van der Waals surface area contributed by atoms with Gasteiger partial charge in [-0.1, -0.05) is 19.8 Å². The maximum absolute atomic E-state index is 5.88. The van der Waals surface area contributed by atoms with Gasteiger partial charge in [-0.3, -0.25) is 0 Å². The van der Waals surface area contributed by atoms with Crippen molar-refractivity contribution in [3.63, 3.8) is 0 Å². The zero-order chi connectivity index (χ0) is 14.0. The van der Waals surface area contributed by atoms with Crippen molar-refractivity contribution >= 4 is 22.4 Å². The highest BCUT2D eigenvalue weighted by molar-refractivity contribution is 5.91. The molecule has 0 amide bonds. The van der Waals surface area contributed by atoms with E-state index in [-0.39, 0.29) is 0 Å². The van der Waals surface area contributed by atoms with Crippen LogP contribution in [0, 0.1) is 5.41 Å². The predicted octanol–water partition coefficient (Wildman–Crippen LogP) is 3.59. The van der Waals surface area contributed by atoms with Crippen LogP contribution in [0.4, 0.5) is 11.5 Å². The van der Waals surface area contributed by atoms with Crippen LogP contribution in [0.1, 0.15) is 39.0 Å². The molecule has 1 aromatic carbocycles. The number of hydrogen-bond donors (Lipinski definition) is 2. The Bertz CT molecular complexity index is 602. The van der Waals surface area contributed by atoms with Crippen molar-refractivity contribution in [1.82, 2.24) is 9.97 Å². The van der Waals surface area contributed by atoms with E-state index in [4.69, 9.17) is 5.73 Å². The minimum atomic E-state index is 0.442. The zero-order valence-electron chi connectivity index (χ0n) is 12.0. The lowest BCUT2D eigenvalue weighted by molar-refractivity contribution is 0.306. The van der Waals surface area contributed by atoms with Crippen LogP contribution in [0.25, 0.3) is 10.9 Å². The molecule has 1 aromatic heterocycles. The van der Waals surface area contributed by atoms with E-state index in [0.717, 1.165) is 29.0 Å². The summed E-state index contributed by atoms with van der Waals surface area (Å²) in [5.74, 6) is 0.905. The number of nitrogens with zero attached hydrogens (tertiary/aromatic N) is 2. The van der Waals surface area contributed by atoms with Gasteiger partial charge in [0, 0.05) is 17.6 Å². The number of nitrogens with two attached hydrogens (primary N) is 1. The molecule has 1 aliphatic rings. The van der Waals surface area contributed by atoms with Gasteiger partial charge in [0.1, 0.15) is 12.1 Å². The molecule has 4 heteroatoms. The highest BCUT2D eigenvalue weighted by atomic mass is 15.0. The monoisotopic (exact) mass is 270 g/mol. The number of nitrogens with one attached hydrogen (secondary N) is 1. The van der Waals surface area contributed by atoms with Gasteiger partial charge in [0.15, 0.2) is 0 Å². The average Bonchev–Trinajstić information content (AvgIpc) is 2.94. The minimum absolute atomic E-state index is 0.442. The lowest BCUT2D eigenvalue weighted by Gasteiger charge is -2.28. The van der Waals surface area contributed by atoms with E-state index in [1.54, 1.807) is 6.33 Å². The van der Waals surface area contributed by atoms with Crippen molar-refractivity contribution in [3.05, 3.63) is 24.5 Å². The topological polar surface area (TPSA) is 63.8 Å². The highest BCUT2D eigenvalue weighted by Crippen LogP contribution is 2.41. The highest BCUT2D eigenvalue weighted by Gasteiger charge is 2.31. The third-order valence-electron chi connectivity index (χ3n) is 4.70. The number of fused-ring (bicyclic) bond motifs is 1. The molecule has 106 valence electrons. The Hall–Kier alpha value is -1.84. The molecule has 0 unspecified atom stereocenters. The fourth-order valence-corrected chi connectivity index (χ4v) is 3.27. The van der Waals surface area contributed by atoms with E-state index in [9.17, 15) is 0 Å². The van der Waals surface area contributed by atoms with Crippen LogP contribution in [0.5, 0.6) is 0 Å². The smallest absolute Gasteiger partial charge is 0.137 e. The van der Waals surface area contributed by atoms with Gasteiger partial charge in [-0.15, -0.1) is 0 Å². The van der Waals surface area contributed by atoms with Gasteiger partial charge in [0.2, 0.25) is 0 Å². The van der Waals surface area contributed by atoms with Crippen LogP contribution >= 0.6 is 0 Å². The zero-order valence-corrected chi connectivity index (χ0v) is 12.0. The van der Waals surface area contributed by atoms with Gasteiger partial charge in [-0.2, -0.15) is 0 Å². The molecular weight excluding hydrogens is 248 g/mol. The molecule has 2 aromatic rings. The Balaban J connectivity index is 1.85. The van der Waals surface area contributed by atoms with Crippen molar-refractivity contribution in [1.29, 1.82) is 0 Å². The summed E-state index contributed by atoms with van der Waals surface area (Å²) in [5, 5.41) is 4.55. The third kappa shape index (κ3) is 2.42. The van der Waals surface area contributed by atoms with Crippen molar-refractivity contribution in [2.45, 2.75) is 39.0 Å². The Morgan fingerprint density at radius 1 is 1.25 bits per heavy atom. The van der Waals surface area contributed by atoms with E-state index in [2.05, 4.69) is 22.2 Å². The molecule has 0 saturated heterocycles. The van der Waals surface area contributed by atoms with Crippen LogP contribution in [0.15, 0.2) is 24.5 Å². The second-order valence-electron chi connectivity index (χ2n) is 5.91. The van der Waals surface area contributed by atoms with Gasteiger partial charge in [0.25, 0.3) is 0 Å². The number of hydrogen-bond acceptors (Lipinski definition) is 4. The first-order chi connectivity index (χ1) is 9.72. The first kappa shape index (κ1) is 13.2. The molecule has 1 heterocycles. The molecule has 0 aliphatic heterocycles. The van der Waals surface area contributed by atoms with E-state index in [1.165, 1.54) is 32.1 Å². The summed E-state index contributed by atoms with van der Waals surface area (Å²) >= 11 is 0. The van der Waals surface area contributed by atoms with E-state index in [1.807, 2.05) is 18.2 Å². The van der Waals surface area contributed by atoms with E-state index >= 15 is 0 Å². The predicted molar refractivity (Wildman–Crippen MR) is 83.6 cm³/mol. The van der Waals surface area contributed by atoms with E-state index < -0.39 is 0 Å². The summed E-state index contributed by atoms with van der Waals surface area (Å²) in [4.78, 5) is 8.69. The van der Waals surface area contributed by atoms with Crippen LogP contribution in [0.2, 0.25) is 0 Å². The number of rotatable bonds is 4. The standard InChI is InChI=1S/C16H22N4/c1-2-16(7-3-4-8-16)10-18-15-13-9-12(17)5-6-14(13)19-11-20-15/h5-6,9,11H,2-4,7-8,10,17H2,1H3,(H,18,19,20). The molecule has 1 aliphatic carbocycles. The number of nitrogen functional groups attached to an aromatic ring is 1. The van der Waals surface area contributed by atoms with Crippen molar-refractivity contribution < 1.29 is 0 Å². The molecule has 4 nitrogen and oxygen atoms in total. The van der Waals surface area contributed by atoms with Crippen molar-refractivity contribution in [2.24, 2.45) is 5.41 Å². The first-order valence-corrected chi connectivity index (χ1v) is 7.47. The molecule has 0 radical (unpaired) electrons. The number of aromatic nitrogens is 2. The van der Waals surface area contributed by atoms with Crippen LogP contribution in [-0.2, 0) is 0 Å². The Kier molecular flexibility index (Phi) is 3.47. The third-order valence-corrected chi connectivity index (χ3v) is 4.70. The van der Waals surface area contributed by atoms with Crippen LogP contribution in [-0.4, -0.2) is 16.5 Å². The fraction of sp³-hybridized carbons (Fsp3) is 0.500.